The van der Waals surface area contributed by atoms with Crippen LogP contribution in [-0.4, -0.2) is 23.9 Å². The molecule has 1 heterocycles. The zero-order valence-corrected chi connectivity index (χ0v) is 11.3. The Hall–Kier alpha value is -1.09. The van der Waals surface area contributed by atoms with E-state index in [1.165, 1.54) is 5.56 Å². The van der Waals surface area contributed by atoms with Crippen LogP contribution < -0.4 is 0 Å². The van der Waals surface area contributed by atoms with Crippen molar-refractivity contribution in [1.82, 2.24) is 4.90 Å². The molecule has 1 amide bonds. The zero-order valence-electron chi connectivity index (χ0n) is 9.73. The molecule has 1 aromatic rings. The monoisotopic (exact) mass is 293 g/mol. The van der Waals surface area contributed by atoms with Crippen molar-refractivity contribution in [3.8, 4) is 0 Å². The molecule has 1 fully saturated rings. The van der Waals surface area contributed by atoms with Crippen LogP contribution in [0.1, 0.15) is 12.0 Å². The molecule has 1 aliphatic rings. The summed E-state index contributed by atoms with van der Waals surface area (Å²) in [5, 5.41) is 0. The molecule has 0 aromatic heterocycles. The average Bonchev–Trinajstić information content (AvgIpc) is 2.69. The van der Waals surface area contributed by atoms with Crippen LogP contribution >= 0.6 is 15.9 Å². The third-order valence-corrected chi connectivity index (χ3v) is 3.96. The highest BCUT2D eigenvalue weighted by molar-refractivity contribution is 9.10. The van der Waals surface area contributed by atoms with Gasteiger partial charge in [-0.2, -0.15) is 0 Å². The van der Waals surface area contributed by atoms with Crippen LogP contribution in [0.25, 0.3) is 0 Å². The van der Waals surface area contributed by atoms with Crippen molar-refractivity contribution in [3.63, 3.8) is 0 Å². The molecular formula is C14H16BrNO. The van der Waals surface area contributed by atoms with Crippen molar-refractivity contribution in [2.75, 3.05) is 13.1 Å². The van der Waals surface area contributed by atoms with Crippen LogP contribution in [0.2, 0.25) is 0 Å². The zero-order chi connectivity index (χ0) is 12.3. The molecule has 0 saturated carbocycles. The van der Waals surface area contributed by atoms with Crippen LogP contribution in [0, 0.1) is 5.92 Å². The molecule has 1 aliphatic heterocycles. The third-order valence-electron chi connectivity index (χ3n) is 3.19. The number of carbonyl (C=O) groups is 1. The number of carbonyl (C=O) groups excluding carboxylic acids is 1. The Morgan fingerprint density at radius 3 is 2.88 bits per heavy atom. The van der Waals surface area contributed by atoms with E-state index in [0.29, 0.717) is 12.3 Å². The molecule has 1 saturated heterocycles. The van der Waals surface area contributed by atoms with Crippen molar-refractivity contribution < 1.29 is 4.79 Å². The van der Waals surface area contributed by atoms with Crippen molar-refractivity contribution in [3.05, 3.63) is 47.0 Å². The molecule has 3 heteroatoms. The van der Waals surface area contributed by atoms with Gasteiger partial charge in [0.1, 0.15) is 0 Å². The van der Waals surface area contributed by atoms with Gasteiger partial charge in [-0.1, -0.05) is 40.2 Å². The Balaban J connectivity index is 1.93. The van der Waals surface area contributed by atoms with Gasteiger partial charge in [0.15, 0.2) is 0 Å². The smallest absolute Gasteiger partial charge is 0.223 e. The van der Waals surface area contributed by atoms with Crippen LogP contribution in [0.3, 0.4) is 0 Å². The maximum atomic E-state index is 11.7. The fraction of sp³-hybridized carbons (Fsp3) is 0.357. The van der Waals surface area contributed by atoms with Gasteiger partial charge in [-0.05, 0) is 18.1 Å². The van der Waals surface area contributed by atoms with Gasteiger partial charge in [0.25, 0.3) is 0 Å². The molecule has 90 valence electrons. The second kappa shape index (κ2) is 5.50. The van der Waals surface area contributed by atoms with E-state index in [1.54, 1.807) is 0 Å². The summed E-state index contributed by atoms with van der Waals surface area (Å²) >= 11 is 3.53. The Morgan fingerprint density at radius 2 is 2.24 bits per heavy atom. The van der Waals surface area contributed by atoms with E-state index in [-0.39, 0.29) is 5.91 Å². The number of hydrogen-bond donors (Lipinski definition) is 0. The lowest BCUT2D eigenvalue weighted by molar-refractivity contribution is -0.127. The maximum absolute atomic E-state index is 11.7. The largest absolute Gasteiger partial charge is 0.342 e. The maximum Gasteiger partial charge on any atom is 0.223 e. The molecule has 0 bridgehead atoms. The van der Waals surface area contributed by atoms with E-state index in [2.05, 4.69) is 28.6 Å². The second-order valence-corrected chi connectivity index (χ2v) is 5.24. The van der Waals surface area contributed by atoms with Gasteiger partial charge in [-0.25, -0.2) is 0 Å². The molecule has 2 nitrogen and oxygen atoms in total. The number of benzene rings is 1. The quantitative estimate of drug-likeness (QED) is 0.782. The highest BCUT2D eigenvalue weighted by Gasteiger charge is 2.26. The van der Waals surface area contributed by atoms with E-state index in [4.69, 9.17) is 0 Å². The molecule has 0 radical (unpaired) electrons. The highest BCUT2D eigenvalue weighted by atomic mass is 79.9. The topological polar surface area (TPSA) is 20.3 Å². The third kappa shape index (κ3) is 2.97. The number of amides is 1. The van der Waals surface area contributed by atoms with Gasteiger partial charge in [0, 0.05) is 29.9 Å². The molecule has 1 unspecified atom stereocenters. The Labute approximate surface area is 110 Å². The van der Waals surface area contributed by atoms with Gasteiger partial charge in [-0.3, -0.25) is 4.79 Å². The van der Waals surface area contributed by atoms with Crippen LogP contribution in [-0.2, 0) is 11.2 Å². The first kappa shape index (κ1) is 12.4. The molecule has 0 N–H and O–H groups in total. The number of hydrogen-bond acceptors (Lipinski definition) is 1. The molecule has 1 aromatic carbocycles. The summed E-state index contributed by atoms with van der Waals surface area (Å²) in [5.74, 6) is 0.587. The number of rotatable bonds is 4. The normalized spacial score (nSPS) is 19.7. The minimum Gasteiger partial charge on any atom is -0.342 e. The molecule has 0 aliphatic carbocycles. The molecular weight excluding hydrogens is 278 g/mol. The van der Waals surface area contributed by atoms with Gasteiger partial charge in [-0.15, -0.1) is 6.58 Å². The lowest BCUT2D eigenvalue weighted by atomic mass is 10.1. The van der Waals surface area contributed by atoms with Gasteiger partial charge >= 0.3 is 0 Å². The Kier molecular flexibility index (Phi) is 4.00. The van der Waals surface area contributed by atoms with E-state index in [0.717, 1.165) is 24.0 Å². The second-order valence-electron chi connectivity index (χ2n) is 4.38. The van der Waals surface area contributed by atoms with Crippen LogP contribution in [0.15, 0.2) is 41.4 Å². The minimum absolute atomic E-state index is 0.252. The van der Waals surface area contributed by atoms with Gasteiger partial charge in [0.05, 0.1) is 0 Å². The summed E-state index contributed by atoms with van der Waals surface area (Å²) in [6.07, 6.45) is 3.41. The minimum atomic E-state index is 0.252. The number of likely N-dealkylation sites (tertiary alicyclic amines) is 1. The molecule has 2 rings (SSSR count). The lowest BCUT2D eigenvalue weighted by Gasteiger charge is -2.16. The predicted octanol–water partition coefficient (Wildman–Crippen LogP) is 3.03. The standard InChI is InChI=1S/C14H16BrNO/c1-2-11-9-14(17)16(10-11)8-7-12-5-3-4-6-13(12)15/h2-6,11H,1,7-10H2. The fourth-order valence-corrected chi connectivity index (χ4v) is 2.62. The highest BCUT2D eigenvalue weighted by Crippen LogP contribution is 2.21. The molecule has 17 heavy (non-hydrogen) atoms. The summed E-state index contributed by atoms with van der Waals surface area (Å²) < 4.78 is 1.12. The summed E-state index contributed by atoms with van der Waals surface area (Å²) in [4.78, 5) is 13.7. The Bertz CT molecular complexity index is 430. The van der Waals surface area contributed by atoms with E-state index >= 15 is 0 Å². The summed E-state index contributed by atoms with van der Waals surface area (Å²) in [6.45, 7) is 5.38. The van der Waals surface area contributed by atoms with Crippen molar-refractivity contribution in [1.29, 1.82) is 0 Å². The van der Waals surface area contributed by atoms with Gasteiger partial charge < -0.3 is 4.90 Å². The summed E-state index contributed by atoms with van der Waals surface area (Å²) in [6, 6.07) is 8.16. The number of nitrogens with zero attached hydrogens (tertiary/aromatic N) is 1. The lowest BCUT2D eigenvalue weighted by Crippen LogP contribution is -2.27. The fourth-order valence-electron chi connectivity index (χ4n) is 2.13. The first-order chi connectivity index (χ1) is 8.20. The van der Waals surface area contributed by atoms with Gasteiger partial charge in [0.2, 0.25) is 5.91 Å². The first-order valence-corrected chi connectivity index (χ1v) is 6.63. The van der Waals surface area contributed by atoms with E-state index in [9.17, 15) is 4.79 Å². The van der Waals surface area contributed by atoms with Crippen molar-refractivity contribution in [2.45, 2.75) is 12.8 Å². The average molecular weight is 294 g/mol. The predicted molar refractivity (Wildman–Crippen MR) is 72.7 cm³/mol. The first-order valence-electron chi connectivity index (χ1n) is 5.84. The van der Waals surface area contributed by atoms with Crippen molar-refractivity contribution in [2.24, 2.45) is 5.92 Å². The Morgan fingerprint density at radius 1 is 1.47 bits per heavy atom. The van der Waals surface area contributed by atoms with Crippen LogP contribution in [0.4, 0.5) is 0 Å². The summed E-state index contributed by atoms with van der Waals surface area (Å²) in [5.41, 5.74) is 1.25. The summed E-state index contributed by atoms with van der Waals surface area (Å²) in [7, 11) is 0. The van der Waals surface area contributed by atoms with E-state index in [1.807, 2.05) is 29.2 Å². The van der Waals surface area contributed by atoms with Crippen LogP contribution in [0.5, 0.6) is 0 Å². The van der Waals surface area contributed by atoms with Crippen molar-refractivity contribution >= 4 is 21.8 Å². The molecule has 1 atom stereocenters. The SMILES string of the molecule is C=CC1CC(=O)N(CCc2ccccc2Br)C1. The van der Waals surface area contributed by atoms with E-state index < -0.39 is 0 Å². The number of halogens is 1. The molecule has 0 spiro atoms.